The lowest BCUT2D eigenvalue weighted by Crippen LogP contribution is -2.01. The van der Waals surface area contributed by atoms with Crippen molar-refractivity contribution in [3.63, 3.8) is 0 Å². The number of nitrogens with zero attached hydrogens (tertiary/aromatic N) is 1. The predicted octanol–water partition coefficient (Wildman–Crippen LogP) is 3.59. The Bertz CT molecular complexity index is 530. The molecule has 0 fully saturated rings. The van der Waals surface area contributed by atoms with Gasteiger partial charge in [-0.15, -0.1) is 0 Å². The quantitative estimate of drug-likeness (QED) is 0.826. The van der Waals surface area contributed by atoms with Gasteiger partial charge in [0.25, 0.3) is 0 Å². The van der Waals surface area contributed by atoms with Crippen LogP contribution in [0.25, 0.3) is 10.8 Å². The van der Waals surface area contributed by atoms with Crippen LogP contribution in [-0.4, -0.2) is 11.5 Å². The van der Waals surface area contributed by atoms with E-state index in [0.717, 1.165) is 12.4 Å². The Morgan fingerprint density at radius 3 is 2.62 bits per heavy atom. The molecule has 2 heteroatoms. The van der Waals surface area contributed by atoms with Gasteiger partial charge in [-0.3, -0.25) is 0 Å². The number of hydrogen-bond donors (Lipinski definition) is 1. The van der Waals surface area contributed by atoms with E-state index in [4.69, 9.17) is 0 Å². The molecule has 0 spiro atoms. The molecule has 0 aliphatic heterocycles. The zero-order chi connectivity index (χ0) is 11.7. The molecule has 0 atom stereocenters. The number of pyridine rings is 1. The molecule has 0 unspecified atom stereocenters. The van der Waals surface area contributed by atoms with E-state index in [-0.39, 0.29) is 0 Å². The Morgan fingerprint density at radius 1 is 1.19 bits per heavy atom. The van der Waals surface area contributed by atoms with Crippen LogP contribution < -0.4 is 5.32 Å². The van der Waals surface area contributed by atoms with Crippen molar-refractivity contribution in [1.29, 1.82) is 0 Å². The molecule has 0 amide bonds. The van der Waals surface area contributed by atoms with E-state index >= 15 is 0 Å². The third-order valence-corrected chi connectivity index (χ3v) is 3.12. The van der Waals surface area contributed by atoms with Crippen LogP contribution in [-0.2, 0) is 0 Å². The number of hydrogen-bond acceptors (Lipinski definition) is 2. The van der Waals surface area contributed by atoms with Gasteiger partial charge in [-0.05, 0) is 55.8 Å². The summed E-state index contributed by atoms with van der Waals surface area (Å²) in [5.74, 6) is 1.00. The SMILES string of the molecule is CCNc1nccc2c(C)cc(C)c(C)c12. The summed E-state index contributed by atoms with van der Waals surface area (Å²) < 4.78 is 0. The molecule has 1 aromatic heterocycles. The van der Waals surface area contributed by atoms with Gasteiger partial charge in [0.2, 0.25) is 0 Å². The Hall–Kier alpha value is -1.57. The highest BCUT2D eigenvalue weighted by Crippen LogP contribution is 2.29. The molecular weight excluding hydrogens is 196 g/mol. The summed E-state index contributed by atoms with van der Waals surface area (Å²) >= 11 is 0. The standard InChI is InChI=1S/C14H18N2/c1-5-15-14-13-11(4)9(2)8-10(3)12(13)6-7-16-14/h6-8H,5H2,1-4H3,(H,15,16). The Balaban J connectivity index is 2.84. The molecule has 0 radical (unpaired) electrons. The molecule has 0 saturated heterocycles. The van der Waals surface area contributed by atoms with E-state index in [1.54, 1.807) is 0 Å². The van der Waals surface area contributed by atoms with Gasteiger partial charge in [0.05, 0.1) is 0 Å². The molecule has 0 aliphatic rings. The van der Waals surface area contributed by atoms with Crippen LogP contribution in [0.15, 0.2) is 18.3 Å². The second kappa shape index (κ2) is 4.12. The fourth-order valence-electron chi connectivity index (χ4n) is 2.18. The second-order valence-electron chi connectivity index (χ2n) is 4.25. The maximum Gasteiger partial charge on any atom is 0.134 e. The number of nitrogens with one attached hydrogen (secondary N) is 1. The van der Waals surface area contributed by atoms with E-state index in [0.29, 0.717) is 0 Å². The molecule has 2 nitrogen and oxygen atoms in total. The molecule has 1 heterocycles. The molecule has 2 aromatic rings. The van der Waals surface area contributed by atoms with Crippen LogP contribution in [0.3, 0.4) is 0 Å². The molecule has 16 heavy (non-hydrogen) atoms. The number of rotatable bonds is 2. The summed E-state index contributed by atoms with van der Waals surface area (Å²) in [6, 6.07) is 4.34. The van der Waals surface area contributed by atoms with Crippen molar-refractivity contribution in [2.45, 2.75) is 27.7 Å². The number of aromatic nitrogens is 1. The number of anilines is 1. The summed E-state index contributed by atoms with van der Waals surface area (Å²) in [4.78, 5) is 4.43. The van der Waals surface area contributed by atoms with E-state index in [1.165, 1.54) is 27.5 Å². The van der Waals surface area contributed by atoms with E-state index < -0.39 is 0 Å². The summed E-state index contributed by atoms with van der Waals surface area (Å²) in [6.07, 6.45) is 1.88. The summed E-state index contributed by atoms with van der Waals surface area (Å²) in [6.45, 7) is 9.48. The van der Waals surface area contributed by atoms with Gasteiger partial charge in [0.15, 0.2) is 0 Å². The highest BCUT2D eigenvalue weighted by Gasteiger charge is 2.08. The lowest BCUT2D eigenvalue weighted by atomic mass is 9.97. The lowest BCUT2D eigenvalue weighted by molar-refractivity contribution is 1.17. The average Bonchev–Trinajstić information content (AvgIpc) is 2.26. The van der Waals surface area contributed by atoms with Gasteiger partial charge in [-0.25, -0.2) is 4.98 Å². The first kappa shape index (κ1) is 10.9. The van der Waals surface area contributed by atoms with Gasteiger partial charge in [-0.2, -0.15) is 0 Å². The van der Waals surface area contributed by atoms with Gasteiger partial charge in [0.1, 0.15) is 5.82 Å². The summed E-state index contributed by atoms with van der Waals surface area (Å²) in [5.41, 5.74) is 3.97. The van der Waals surface area contributed by atoms with Crippen LogP contribution in [0, 0.1) is 20.8 Å². The summed E-state index contributed by atoms with van der Waals surface area (Å²) in [7, 11) is 0. The van der Waals surface area contributed by atoms with Crippen molar-refractivity contribution in [2.75, 3.05) is 11.9 Å². The Morgan fingerprint density at radius 2 is 1.94 bits per heavy atom. The van der Waals surface area contributed by atoms with Crippen molar-refractivity contribution in [3.8, 4) is 0 Å². The fourth-order valence-corrected chi connectivity index (χ4v) is 2.18. The van der Waals surface area contributed by atoms with Gasteiger partial charge in [0, 0.05) is 18.1 Å². The van der Waals surface area contributed by atoms with Gasteiger partial charge < -0.3 is 5.32 Å². The first-order valence-corrected chi connectivity index (χ1v) is 5.74. The predicted molar refractivity (Wildman–Crippen MR) is 70.1 cm³/mol. The zero-order valence-electron chi connectivity index (χ0n) is 10.4. The highest BCUT2D eigenvalue weighted by molar-refractivity contribution is 5.97. The maximum atomic E-state index is 4.43. The topological polar surface area (TPSA) is 24.9 Å². The minimum absolute atomic E-state index is 0.901. The number of benzene rings is 1. The van der Waals surface area contributed by atoms with Crippen LogP contribution in [0.1, 0.15) is 23.6 Å². The van der Waals surface area contributed by atoms with Crippen molar-refractivity contribution >= 4 is 16.6 Å². The van der Waals surface area contributed by atoms with E-state index in [2.05, 4.69) is 50.1 Å². The van der Waals surface area contributed by atoms with Crippen LogP contribution in [0.5, 0.6) is 0 Å². The van der Waals surface area contributed by atoms with Crippen molar-refractivity contribution in [3.05, 3.63) is 35.0 Å². The van der Waals surface area contributed by atoms with Crippen molar-refractivity contribution in [2.24, 2.45) is 0 Å². The molecule has 0 saturated carbocycles. The van der Waals surface area contributed by atoms with Gasteiger partial charge >= 0.3 is 0 Å². The number of aryl methyl sites for hydroxylation is 3. The highest BCUT2D eigenvalue weighted by atomic mass is 15.0. The minimum Gasteiger partial charge on any atom is -0.370 e. The van der Waals surface area contributed by atoms with Crippen LogP contribution >= 0.6 is 0 Å². The molecule has 0 bridgehead atoms. The average molecular weight is 214 g/mol. The monoisotopic (exact) mass is 214 g/mol. The first-order valence-electron chi connectivity index (χ1n) is 5.74. The molecule has 84 valence electrons. The van der Waals surface area contributed by atoms with Crippen LogP contribution in [0.2, 0.25) is 0 Å². The largest absolute Gasteiger partial charge is 0.370 e. The number of fused-ring (bicyclic) bond motifs is 1. The molecule has 1 aromatic carbocycles. The fraction of sp³-hybridized carbons (Fsp3) is 0.357. The second-order valence-corrected chi connectivity index (χ2v) is 4.25. The van der Waals surface area contributed by atoms with Crippen LogP contribution in [0.4, 0.5) is 5.82 Å². The zero-order valence-corrected chi connectivity index (χ0v) is 10.4. The molecular formula is C14H18N2. The lowest BCUT2D eigenvalue weighted by Gasteiger charge is -2.13. The third-order valence-electron chi connectivity index (χ3n) is 3.12. The molecule has 0 aliphatic carbocycles. The Kier molecular flexibility index (Phi) is 2.82. The normalized spacial score (nSPS) is 10.8. The smallest absolute Gasteiger partial charge is 0.134 e. The summed E-state index contributed by atoms with van der Waals surface area (Å²) in [5, 5.41) is 5.90. The van der Waals surface area contributed by atoms with Crippen molar-refractivity contribution < 1.29 is 0 Å². The molecule has 2 rings (SSSR count). The first-order chi connectivity index (χ1) is 7.65. The molecule has 1 N–H and O–H groups in total. The van der Waals surface area contributed by atoms with Crippen molar-refractivity contribution in [1.82, 2.24) is 4.98 Å². The maximum absolute atomic E-state index is 4.43. The minimum atomic E-state index is 0.901. The van der Waals surface area contributed by atoms with E-state index in [1.807, 2.05) is 6.20 Å². The Labute approximate surface area is 96.7 Å². The van der Waals surface area contributed by atoms with Gasteiger partial charge in [-0.1, -0.05) is 6.07 Å². The third kappa shape index (κ3) is 1.64. The van der Waals surface area contributed by atoms with E-state index in [9.17, 15) is 0 Å².